The SMILES string of the molecule is Cc1ccc(Br)cc1C(=O)NCC(C)(C)/C(N)=N/O. The van der Waals surface area contributed by atoms with E-state index < -0.39 is 5.41 Å². The maximum absolute atomic E-state index is 12.1. The minimum atomic E-state index is -0.607. The summed E-state index contributed by atoms with van der Waals surface area (Å²) < 4.78 is 0.846. The number of nitrogens with zero attached hydrogens (tertiary/aromatic N) is 1. The van der Waals surface area contributed by atoms with E-state index in [4.69, 9.17) is 10.9 Å². The molecule has 0 bridgehead atoms. The normalized spacial score (nSPS) is 12.3. The molecular weight excluding hydrogens is 310 g/mol. The van der Waals surface area contributed by atoms with Crippen LogP contribution in [0.3, 0.4) is 0 Å². The van der Waals surface area contributed by atoms with Crippen LogP contribution in [-0.2, 0) is 0 Å². The van der Waals surface area contributed by atoms with E-state index in [2.05, 4.69) is 26.4 Å². The molecule has 0 atom stereocenters. The topological polar surface area (TPSA) is 87.7 Å². The van der Waals surface area contributed by atoms with E-state index in [1.165, 1.54) is 0 Å². The first-order valence-corrected chi connectivity index (χ1v) is 6.59. The van der Waals surface area contributed by atoms with E-state index in [1.807, 2.05) is 19.1 Å². The van der Waals surface area contributed by atoms with Crippen molar-refractivity contribution in [3.8, 4) is 0 Å². The number of oxime groups is 1. The molecule has 0 saturated carbocycles. The fourth-order valence-electron chi connectivity index (χ4n) is 1.46. The molecule has 0 spiro atoms. The Hall–Kier alpha value is -1.56. The molecule has 0 aliphatic rings. The van der Waals surface area contributed by atoms with Gasteiger partial charge in [0.25, 0.3) is 5.91 Å². The Morgan fingerprint density at radius 2 is 2.16 bits per heavy atom. The second-order valence-electron chi connectivity index (χ2n) is 5.01. The largest absolute Gasteiger partial charge is 0.409 e. The first kappa shape index (κ1) is 15.5. The van der Waals surface area contributed by atoms with Crippen LogP contribution < -0.4 is 11.1 Å². The lowest BCUT2D eigenvalue weighted by Crippen LogP contribution is -2.42. The third-order valence-electron chi connectivity index (χ3n) is 2.94. The van der Waals surface area contributed by atoms with E-state index in [0.29, 0.717) is 5.56 Å². The number of rotatable bonds is 4. The minimum absolute atomic E-state index is 0.0822. The number of hydrogen-bond donors (Lipinski definition) is 3. The summed E-state index contributed by atoms with van der Waals surface area (Å²) in [4.78, 5) is 12.1. The summed E-state index contributed by atoms with van der Waals surface area (Å²) in [5, 5.41) is 14.4. The molecule has 1 rings (SSSR count). The van der Waals surface area contributed by atoms with Crippen LogP contribution in [0.15, 0.2) is 27.8 Å². The number of halogens is 1. The molecule has 0 fully saturated rings. The number of aryl methyl sites for hydroxylation is 1. The average molecular weight is 328 g/mol. The van der Waals surface area contributed by atoms with Crippen LogP contribution in [0.2, 0.25) is 0 Å². The zero-order valence-corrected chi connectivity index (χ0v) is 12.8. The Morgan fingerprint density at radius 3 is 2.74 bits per heavy atom. The van der Waals surface area contributed by atoms with Gasteiger partial charge in [-0.1, -0.05) is 41.0 Å². The molecule has 1 aromatic rings. The van der Waals surface area contributed by atoms with Crippen molar-refractivity contribution in [2.45, 2.75) is 20.8 Å². The number of nitrogens with one attached hydrogen (secondary N) is 1. The number of amidine groups is 1. The van der Waals surface area contributed by atoms with E-state index in [1.54, 1.807) is 19.9 Å². The standard InChI is InChI=1S/C13H18BrN3O2/c1-8-4-5-9(14)6-10(8)11(18)16-7-13(2,3)12(15)17-19/h4-6,19H,7H2,1-3H3,(H2,15,17)(H,16,18). The fraction of sp³-hybridized carbons (Fsp3) is 0.385. The van der Waals surface area contributed by atoms with Crippen molar-refractivity contribution < 1.29 is 10.0 Å². The molecule has 1 amide bonds. The van der Waals surface area contributed by atoms with Gasteiger partial charge in [-0.05, 0) is 24.6 Å². The monoisotopic (exact) mass is 327 g/mol. The Balaban J connectivity index is 2.79. The molecule has 0 aromatic heterocycles. The number of carbonyl (C=O) groups excluding carboxylic acids is 1. The maximum Gasteiger partial charge on any atom is 0.251 e. The van der Waals surface area contributed by atoms with Gasteiger partial charge in [0.2, 0.25) is 0 Å². The molecular formula is C13H18BrN3O2. The summed E-state index contributed by atoms with van der Waals surface area (Å²) in [5.74, 6) is -0.101. The van der Waals surface area contributed by atoms with Gasteiger partial charge in [-0.2, -0.15) is 0 Å². The highest BCUT2D eigenvalue weighted by Crippen LogP contribution is 2.17. The second-order valence-corrected chi connectivity index (χ2v) is 5.93. The first-order chi connectivity index (χ1) is 8.77. The van der Waals surface area contributed by atoms with Crippen molar-refractivity contribution in [3.05, 3.63) is 33.8 Å². The summed E-state index contributed by atoms with van der Waals surface area (Å²) in [7, 11) is 0. The van der Waals surface area contributed by atoms with E-state index in [-0.39, 0.29) is 18.3 Å². The Morgan fingerprint density at radius 1 is 1.53 bits per heavy atom. The lowest BCUT2D eigenvalue weighted by molar-refractivity contribution is 0.0943. The lowest BCUT2D eigenvalue weighted by Gasteiger charge is -2.23. The molecule has 0 aliphatic carbocycles. The number of carbonyl (C=O) groups is 1. The molecule has 0 unspecified atom stereocenters. The van der Waals surface area contributed by atoms with Gasteiger partial charge in [-0.3, -0.25) is 4.79 Å². The predicted molar refractivity (Wildman–Crippen MR) is 78.4 cm³/mol. The highest BCUT2D eigenvalue weighted by atomic mass is 79.9. The Labute approximate surface area is 121 Å². The van der Waals surface area contributed by atoms with Crippen molar-refractivity contribution in [1.82, 2.24) is 5.32 Å². The number of nitrogens with two attached hydrogens (primary N) is 1. The maximum atomic E-state index is 12.1. The van der Waals surface area contributed by atoms with Gasteiger partial charge < -0.3 is 16.3 Å². The van der Waals surface area contributed by atoms with Crippen molar-refractivity contribution in [2.24, 2.45) is 16.3 Å². The molecule has 0 aliphatic heterocycles. The highest BCUT2D eigenvalue weighted by Gasteiger charge is 2.24. The van der Waals surface area contributed by atoms with Gasteiger partial charge >= 0.3 is 0 Å². The molecule has 6 heteroatoms. The molecule has 4 N–H and O–H groups in total. The smallest absolute Gasteiger partial charge is 0.251 e. The quantitative estimate of drug-likeness (QED) is 0.343. The third-order valence-corrected chi connectivity index (χ3v) is 3.43. The van der Waals surface area contributed by atoms with Gasteiger partial charge in [0.1, 0.15) is 5.84 Å². The number of benzene rings is 1. The Kier molecular flexibility index (Phi) is 4.94. The van der Waals surface area contributed by atoms with Crippen molar-refractivity contribution >= 4 is 27.7 Å². The number of hydrogen-bond acceptors (Lipinski definition) is 3. The summed E-state index contributed by atoms with van der Waals surface area (Å²) in [6.07, 6.45) is 0. The zero-order chi connectivity index (χ0) is 14.6. The van der Waals surface area contributed by atoms with Crippen LogP contribution in [0.4, 0.5) is 0 Å². The Bertz CT molecular complexity index is 513. The van der Waals surface area contributed by atoms with E-state index in [9.17, 15) is 4.79 Å². The molecule has 0 radical (unpaired) electrons. The van der Waals surface area contributed by atoms with Crippen LogP contribution in [0.25, 0.3) is 0 Å². The predicted octanol–water partition coefficient (Wildman–Crippen LogP) is 2.26. The van der Waals surface area contributed by atoms with Gasteiger partial charge in [-0.15, -0.1) is 0 Å². The fourth-order valence-corrected chi connectivity index (χ4v) is 1.82. The lowest BCUT2D eigenvalue weighted by atomic mass is 9.92. The second kappa shape index (κ2) is 6.06. The van der Waals surface area contributed by atoms with E-state index in [0.717, 1.165) is 10.0 Å². The van der Waals surface area contributed by atoms with Gasteiger partial charge in [0.15, 0.2) is 0 Å². The van der Waals surface area contributed by atoms with Gasteiger partial charge in [0.05, 0.1) is 0 Å². The van der Waals surface area contributed by atoms with Crippen molar-refractivity contribution in [2.75, 3.05) is 6.54 Å². The molecule has 104 valence electrons. The van der Waals surface area contributed by atoms with Crippen LogP contribution in [0, 0.1) is 12.3 Å². The van der Waals surface area contributed by atoms with Crippen molar-refractivity contribution in [3.63, 3.8) is 0 Å². The van der Waals surface area contributed by atoms with Gasteiger partial charge in [-0.25, -0.2) is 0 Å². The molecule has 19 heavy (non-hydrogen) atoms. The summed E-state index contributed by atoms with van der Waals surface area (Å²) in [6, 6.07) is 5.52. The average Bonchev–Trinajstić information content (AvgIpc) is 2.37. The molecule has 0 saturated heterocycles. The van der Waals surface area contributed by atoms with Crippen LogP contribution in [-0.4, -0.2) is 23.5 Å². The minimum Gasteiger partial charge on any atom is -0.409 e. The zero-order valence-electron chi connectivity index (χ0n) is 11.2. The first-order valence-electron chi connectivity index (χ1n) is 5.80. The highest BCUT2D eigenvalue weighted by molar-refractivity contribution is 9.10. The molecule has 5 nitrogen and oxygen atoms in total. The number of amides is 1. The van der Waals surface area contributed by atoms with Crippen LogP contribution >= 0.6 is 15.9 Å². The summed E-state index contributed by atoms with van der Waals surface area (Å²) in [5.41, 5.74) is 6.46. The molecule has 1 aromatic carbocycles. The van der Waals surface area contributed by atoms with Gasteiger partial charge in [0, 0.05) is 22.0 Å². The van der Waals surface area contributed by atoms with Crippen LogP contribution in [0.1, 0.15) is 29.8 Å². The van der Waals surface area contributed by atoms with Crippen molar-refractivity contribution in [1.29, 1.82) is 0 Å². The van der Waals surface area contributed by atoms with Crippen LogP contribution in [0.5, 0.6) is 0 Å². The third kappa shape index (κ3) is 3.96. The summed E-state index contributed by atoms with van der Waals surface area (Å²) >= 11 is 3.34. The van der Waals surface area contributed by atoms with E-state index >= 15 is 0 Å². The molecule has 0 heterocycles. The summed E-state index contributed by atoms with van der Waals surface area (Å²) in [6.45, 7) is 5.73.